The molecule has 2 heterocycles. The highest BCUT2D eigenvalue weighted by atomic mass is 32.1. The summed E-state index contributed by atoms with van der Waals surface area (Å²) in [5.41, 5.74) is 2.71. The predicted molar refractivity (Wildman–Crippen MR) is 90.4 cm³/mol. The van der Waals surface area contributed by atoms with Gasteiger partial charge in [-0.05, 0) is 25.5 Å². The Morgan fingerprint density at radius 1 is 1.30 bits per heavy atom. The van der Waals surface area contributed by atoms with E-state index in [0.717, 1.165) is 34.1 Å². The Hall–Kier alpha value is -2.34. The number of benzene rings is 1. The third kappa shape index (κ3) is 2.70. The van der Waals surface area contributed by atoms with E-state index in [1.165, 1.54) is 18.4 Å². The van der Waals surface area contributed by atoms with Crippen LogP contribution in [0.25, 0.3) is 16.2 Å². The molecule has 6 heteroatoms. The van der Waals surface area contributed by atoms with E-state index in [9.17, 15) is 4.79 Å². The fraction of sp³-hybridized carbons (Fsp3) is 0.294. The van der Waals surface area contributed by atoms with Gasteiger partial charge in [-0.2, -0.15) is 0 Å². The zero-order chi connectivity index (χ0) is 16.4. The van der Waals surface area contributed by atoms with Crippen molar-refractivity contribution in [1.29, 1.82) is 0 Å². The molecule has 0 saturated heterocycles. The number of hydrogen-bond donors (Lipinski definition) is 0. The minimum Gasteiger partial charge on any atom is -0.493 e. The number of thiazole rings is 1. The summed E-state index contributed by atoms with van der Waals surface area (Å²) < 4.78 is 12.5. The fourth-order valence-corrected chi connectivity index (χ4v) is 3.68. The van der Waals surface area contributed by atoms with E-state index in [1.807, 2.05) is 48.7 Å². The first kappa shape index (κ1) is 15.6. The molecule has 0 saturated carbocycles. The topological polar surface area (TPSA) is 52.8 Å². The lowest BCUT2D eigenvalue weighted by Gasteiger charge is -2.07. The third-order valence-corrected chi connectivity index (χ3v) is 4.67. The Morgan fingerprint density at radius 3 is 2.78 bits per heavy atom. The minimum atomic E-state index is -0.311. The summed E-state index contributed by atoms with van der Waals surface area (Å²) >= 11 is 1.35. The van der Waals surface area contributed by atoms with E-state index in [4.69, 9.17) is 9.47 Å². The zero-order valence-electron chi connectivity index (χ0n) is 13.3. The number of carbonyl (C=O) groups excluding carboxylic acids is 1. The third-order valence-electron chi connectivity index (χ3n) is 3.59. The molecule has 0 radical (unpaired) electrons. The molecule has 0 amide bonds. The molecule has 0 bridgehead atoms. The second-order valence-electron chi connectivity index (χ2n) is 4.93. The average molecular weight is 330 g/mol. The Bertz CT molecular complexity index is 851. The van der Waals surface area contributed by atoms with Gasteiger partial charge >= 0.3 is 5.97 Å². The van der Waals surface area contributed by atoms with Gasteiger partial charge < -0.3 is 9.47 Å². The molecule has 0 aliphatic heterocycles. The van der Waals surface area contributed by atoms with Gasteiger partial charge in [-0.15, -0.1) is 0 Å². The molecule has 5 nitrogen and oxygen atoms in total. The number of ether oxygens (including phenoxy) is 2. The van der Waals surface area contributed by atoms with Crippen molar-refractivity contribution in [3.05, 3.63) is 41.0 Å². The standard InChI is InChI=1S/C17H18N2O3S/c1-4-13-15(16(20)21-3)23-17-18-12(10-19(13)17)11-8-6-7-9-14(11)22-5-2/h6-10H,4-5H2,1-3H3. The van der Waals surface area contributed by atoms with Crippen LogP contribution in [0.4, 0.5) is 0 Å². The Balaban J connectivity index is 2.12. The smallest absolute Gasteiger partial charge is 0.349 e. The van der Waals surface area contributed by atoms with E-state index in [0.29, 0.717) is 11.5 Å². The normalized spacial score (nSPS) is 10.9. The van der Waals surface area contributed by atoms with Gasteiger partial charge in [0.2, 0.25) is 0 Å². The minimum absolute atomic E-state index is 0.311. The molecular weight excluding hydrogens is 312 g/mol. The molecule has 0 atom stereocenters. The maximum atomic E-state index is 11.9. The van der Waals surface area contributed by atoms with Crippen molar-refractivity contribution in [1.82, 2.24) is 9.38 Å². The van der Waals surface area contributed by atoms with Gasteiger partial charge in [0.25, 0.3) is 0 Å². The highest BCUT2D eigenvalue weighted by molar-refractivity contribution is 7.19. The van der Waals surface area contributed by atoms with Crippen molar-refractivity contribution in [2.24, 2.45) is 0 Å². The predicted octanol–water partition coefficient (Wildman–Crippen LogP) is 3.81. The van der Waals surface area contributed by atoms with Crippen LogP contribution in [0.15, 0.2) is 30.5 Å². The van der Waals surface area contributed by atoms with Gasteiger partial charge in [0, 0.05) is 17.5 Å². The van der Waals surface area contributed by atoms with Gasteiger partial charge in [0.1, 0.15) is 10.6 Å². The number of hydrogen-bond acceptors (Lipinski definition) is 5. The summed E-state index contributed by atoms with van der Waals surface area (Å²) in [6, 6.07) is 7.84. The summed E-state index contributed by atoms with van der Waals surface area (Å²) in [7, 11) is 1.40. The monoisotopic (exact) mass is 330 g/mol. The summed E-state index contributed by atoms with van der Waals surface area (Å²) in [5.74, 6) is 0.501. The number of esters is 1. The molecule has 23 heavy (non-hydrogen) atoms. The van der Waals surface area contributed by atoms with Crippen LogP contribution in [-0.2, 0) is 11.2 Å². The van der Waals surface area contributed by atoms with Crippen molar-refractivity contribution in [3.8, 4) is 17.0 Å². The molecule has 0 unspecified atom stereocenters. The lowest BCUT2D eigenvalue weighted by molar-refractivity contribution is 0.0604. The fourth-order valence-electron chi connectivity index (χ4n) is 2.56. The Kier molecular flexibility index (Phi) is 4.34. The maximum Gasteiger partial charge on any atom is 0.349 e. The van der Waals surface area contributed by atoms with Crippen molar-refractivity contribution < 1.29 is 14.3 Å². The Labute approximate surface area is 138 Å². The molecule has 0 N–H and O–H groups in total. The SMILES string of the molecule is CCOc1ccccc1-c1cn2c(CC)c(C(=O)OC)sc2n1. The van der Waals surface area contributed by atoms with Crippen molar-refractivity contribution >= 4 is 22.3 Å². The van der Waals surface area contributed by atoms with Crippen LogP contribution in [0.3, 0.4) is 0 Å². The number of imidazole rings is 1. The first-order valence-electron chi connectivity index (χ1n) is 7.50. The van der Waals surface area contributed by atoms with Gasteiger partial charge in [-0.1, -0.05) is 30.4 Å². The van der Waals surface area contributed by atoms with Crippen LogP contribution >= 0.6 is 11.3 Å². The van der Waals surface area contributed by atoms with Crippen LogP contribution in [-0.4, -0.2) is 29.1 Å². The van der Waals surface area contributed by atoms with Crippen LogP contribution in [0, 0.1) is 0 Å². The van der Waals surface area contributed by atoms with Crippen LogP contribution in [0.5, 0.6) is 5.75 Å². The number of carbonyl (C=O) groups is 1. The molecule has 0 fully saturated rings. The number of para-hydroxylation sites is 1. The average Bonchev–Trinajstić information content (AvgIpc) is 3.12. The first-order chi connectivity index (χ1) is 11.2. The number of nitrogens with zero attached hydrogens (tertiary/aromatic N) is 2. The summed E-state index contributed by atoms with van der Waals surface area (Å²) in [5, 5.41) is 0. The number of rotatable bonds is 5. The second kappa shape index (κ2) is 6.42. The maximum absolute atomic E-state index is 11.9. The van der Waals surface area contributed by atoms with Crippen molar-refractivity contribution in [2.45, 2.75) is 20.3 Å². The van der Waals surface area contributed by atoms with Crippen LogP contribution < -0.4 is 4.74 Å². The summed E-state index contributed by atoms with van der Waals surface area (Å²) in [6.45, 7) is 4.58. The van der Waals surface area contributed by atoms with Crippen LogP contribution in [0.2, 0.25) is 0 Å². The zero-order valence-corrected chi connectivity index (χ0v) is 14.1. The highest BCUT2D eigenvalue weighted by Gasteiger charge is 2.20. The molecule has 2 aromatic heterocycles. The van der Waals surface area contributed by atoms with E-state index >= 15 is 0 Å². The van der Waals surface area contributed by atoms with Gasteiger partial charge in [0.15, 0.2) is 4.96 Å². The van der Waals surface area contributed by atoms with Gasteiger partial charge in [0.05, 0.1) is 19.4 Å². The lowest BCUT2D eigenvalue weighted by Crippen LogP contribution is -2.03. The van der Waals surface area contributed by atoms with Gasteiger partial charge in [-0.3, -0.25) is 4.40 Å². The molecule has 1 aromatic carbocycles. The molecule has 120 valence electrons. The van der Waals surface area contributed by atoms with Crippen LogP contribution in [0.1, 0.15) is 29.2 Å². The van der Waals surface area contributed by atoms with Crippen molar-refractivity contribution in [2.75, 3.05) is 13.7 Å². The number of aromatic nitrogens is 2. The quantitative estimate of drug-likeness (QED) is 0.668. The second-order valence-corrected chi connectivity index (χ2v) is 5.91. The molecular formula is C17H18N2O3S. The van der Waals surface area contributed by atoms with E-state index in [2.05, 4.69) is 4.98 Å². The molecule has 0 aliphatic rings. The lowest BCUT2D eigenvalue weighted by atomic mass is 10.1. The van der Waals surface area contributed by atoms with Crippen molar-refractivity contribution in [3.63, 3.8) is 0 Å². The number of fused-ring (bicyclic) bond motifs is 1. The largest absolute Gasteiger partial charge is 0.493 e. The molecule has 3 rings (SSSR count). The summed E-state index contributed by atoms with van der Waals surface area (Å²) in [4.78, 5) is 17.9. The number of methoxy groups -OCH3 is 1. The highest BCUT2D eigenvalue weighted by Crippen LogP contribution is 2.32. The summed E-state index contributed by atoms with van der Waals surface area (Å²) in [6.07, 6.45) is 2.68. The van der Waals surface area contributed by atoms with E-state index in [-0.39, 0.29) is 5.97 Å². The molecule has 3 aromatic rings. The Morgan fingerprint density at radius 2 is 2.09 bits per heavy atom. The first-order valence-corrected chi connectivity index (χ1v) is 8.32. The molecule has 0 spiro atoms. The molecule has 0 aliphatic carbocycles. The van der Waals surface area contributed by atoms with E-state index < -0.39 is 0 Å². The van der Waals surface area contributed by atoms with E-state index in [1.54, 1.807) is 0 Å². The van der Waals surface area contributed by atoms with Gasteiger partial charge in [-0.25, -0.2) is 9.78 Å². The number of aryl methyl sites for hydroxylation is 1.